The van der Waals surface area contributed by atoms with Crippen LogP contribution in [-0.2, 0) is 5.75 Å². The average Bonchev–Trinajstić information content (AvgIpc) is 2.75. The number of carboxylic acid groups (broad SMARTS) is 1. The molecule has 0 fully saturated rings. The Morgan fingerprint density at radius 3 is 2.94 bits per heavy atom. The minimum atomic E-state index is -1.06. The van der Waals surface area contributed by atoms with E-state index < -0.39 is 5.97 Å². The van der Waals surface area contributed by atoms with Crippen molar-refractivity contribution >= 4 is 17.7 Å². The first kappa shape index (κ1) is 11.7. The van der Waals surface area contributed by atoms with E-state index in [4.69, 9.17) is 9.52 Å². The van der Waals surface area contributed by atoms with Gasteiger partial charge in [0.25, 0.3) is 0 Å². The molecule has 2 heterocycles. The summed E-state index contributed by atoms with van der Waals surface area (Å²) in [4.78, 5) is 18.9. The number of aryl methyl sites for hydroxylation is 1. The van der Waals surface area contributed by atoms with E-state index in [0.717, 1.165) is 5.69 Å². The number of carbonyl (C=O) groups is 1. The number of furan rings is 1. The molecule has 0 unspecified atom stereocenters. The van der Waals surface area contributed by atoms with E-state index >= 15 is 0 Å². The molecule has 0 spiro atoms. The Balaban J connectivity index is 2.00. The van der Waals surface area contributed by atoms with Gasteiger partial charge in [-0.2, -0.15) is 0 Å². The Morgan fingerprint density at radius 1 is 1.47 bits per heavy atom. The Bertz CT molecular complexity index is 539. The average molecular weight is 250 g/mol. The fourth-order valence-corrected chi connectivity index (χ4v) is 1.97. The van der Waals surface area contributed by atoms with Gasteiger partial charge in [-0.25, -0.2) is 14.8 Å². The van der Waals surface area contributed by atoms with Gasteiger partial charge >= 0.3 is 5.97 Å². The topological polar surface area (TPSA) is 76.2 Å². The van der Waals surface area contributed by atoms with Gasteiger partial charge in [0.2, 0.25) is 5.76 Å². The summed E-state index contributed by atoms with van der Waals surface area (Å²) in [5, 5.41) is 9.35. The highest BCUT2D eigenvalue weighted by atomic mass is 32.2. The molecule has 0 bridgehead atoms. The second-order valence-electron chi connectivity index (χ2n) is 3.34. The van der Waals surface area contributed by atoms with E-state index in [1.165, 1.54) is 17.8 Å². The monoisotopic (exact) mass is 250 g/mol. The van der Waals surface area contributed by atoms with Gasteiger partial charge in [-0.05, 0) is 25.1 Å². The molecule has 2 aromatic rings. The Labute approximate surface area is 102 Å². The molecule has 0 aliphatic carbocycles. The lowest BCUT2D eigenvalue weighted by molar-refractivity contribution is 0.0661. The summed E-state index contributed by atoms with van der Waals surface area (Å²) in [6.45, 7) is 1.89. The second-order valence-corrected chi connectivity index (χ2v) is 4.28. The molecule has 0 radical (unpaired) electrons. The van der Waals surface area contributed by atoms with Crippen LogP contribution in [0.4, 0.5) is 0 Å². The molecule has 0 aromatic carbocycles. The number of carboxylic acids is 1. The van der Waals surface area contributed by atoms with Crippen LogP contribution in [0.15, 0.2) is 34.0 Å². The molecule has 0 amide bonds. The summed E-state index contributed by atoms with van der Waals surface area (Å²) in [5.41, 5.74) is 0.896. The minimum absolute atomic E-state index is 0.0502. The second kappa shape index (κ2) is 5.01. The van der Waals surface area contributed by atoms with Crippen molar-refractivity contribution in [1.82, 2.24) is 9.97 Å². The Hall–Kier alpha value is -1.82. The van der Waals surface area contributed by atoms with E-state index in [9.17, 15) is 4.79 Å². The van der Waals surface area contributed by atoms with Crippen molar-refractivity contribution in [2.75, 3.05) is 0 Å². The summed E-state index contributed by atoms with van der Waals surface area (Å²) < 4.78 is 5.12. The first-order valence-electron chi connectivity index (χ1n) is 4.89. The lowest BCUT2D eigenvalue weighted by Gasteiger charge is -1.98. The van der Waals surface area contributed by atoms with Crippen molar-refractivity contribution in [2.45, 2.75) is 17.8 Å². The number of nitrogens with zero attached hydrogens (tertiary/aromatic N) is 2. The Kier molecular flexibility index (Phi) is 3.43. The third kappa shape index (κ3) is 3.07. The van der Waals surface area contributed by atoms with E-state index in [2.05, 4.69) is 9.97 Å². The number of rotatable bonds is 4. The highest BCUT2D eigenvalue weighted by molar-refractivity contribution is 7.98. The summed E-state index contributed by atoms with van der Waals surface area (Å²) in [6.07, 6.45) is 1.69. The highest BCUT2D eigenvalue weighted by Gasteiger charge is 2.09. The zero-order chi connectivity index (χ0) is 12.3. The highest BCUT2D eigenvalue weighted by Crippen LogP contribution is 2.20. The maximum absolute atomic E-state index is 10.6. The number of hydrogen-bond donors (Lipinski definition) is 1. The van der Waals surface area contributed by atoms with Crippen LogP contribution in [-0.4, -0.2) is 21.0 Å². The third-order valence-corrected chi connectivity index (χ3v) is 2.87. The molecule has 2 rings (SSSR count). The zero-order valence-corrected chi connectivity index (χ0v) is 9.90. The van der Waals surface area contributed by atoms with E-state index in [1.54, 1.807) is 12.3 Å². The molecule has 0 aliphatic heterocycles. The summed E-state index contributed by atoms with van der Waals surface area (Å²) in [6, 6.07) is 4.90. The van der Waals surface area contributed by atoms with Gasteiger partial charge in [-0.15, -0.1) is 0 Å². The lowest BCUT2D eigenvalue weighted by atomic mass is 10.4. The molecule has 5 nitrogen and oxygen atoms in total. The molecule has 0 saturated heterocycles. The number of thioether (sulfide) groups is 1. The molecule has 6 heteroatoms. The predicted octanol–water partition coefficient (Wildman–Crippen LogP) is 2.37. The molecule has 0 saturated carbocycles. The van der Waals surface area contributed by atoms with Crippen molar-refractivity contribution in [2.24, 2.45) is 0 Å². The fraction of sp³-hybridized carbons (Fsp3) is 0.182. The van der Waals surface area contributed by atoms with Crippen LogP contribution in [0.5, 0.6) is 0 Å². The molecule has 1 N–H and O–H groups in total. The SMILES string of the molecule is Cc1ccnc(SCc2ccc(C(=O)O)o2)n1. The lowest BCUT2D eigenvalue weighted by Crippen LogP contribution is -1.92. The first-order valence-corrected chi connectivity index (χ1v) is 5.88. The van der Waals surface area contributed by atoms with Crippen LogP contribution in [0.1, 0.15) is 22.0 Å². The molecule has 2 aromatic heterocycles. The van der Waals surface area contributed by atoms with Crippen LogP contribution < -0.4 is 0 Å². The van der Waals surface area contributed by atoms with Crippen LogP contribution in [0.3, 0.4) is 0 Å². The minimum Gasteiger partial charge on any atom is -0.475 e. The number of aromatic carboxylic acids is 1. The van der Waals surface area contributed by atoms with E-state index in [1.807, 2.05) is 13.0 Å². The van der Waals surface area contributed by atoms with Gasteiger partial charge in [0.15, 0.2) is 5.16 Å². The third-order valence-electron chi connectivity index (χ3n) is 1.99. The van der Waals surface area contributed by atoms with Crippen LogP contribution in [0.2, 0.25) is 0 Å². The maximum atomic E-state index is 10.6. The van der Waals surface area contributed by atoms with Gasteiger partial charge < -0.3 is 9.52 Å². The fourth-order valence-electron chi connectivity index (χ4n) is 1.20. The molecule has 17 heavy (non-hydrogen) atoms. The number of hydrogen-bond acceptors (Lipinski definition) is 5. The molecule has 0 atom stereocenters. The quantitative estimate of drug-likeness (QED) is 0.663. The standard InChI is InChI=1S/C11H10N2O3S/c1-7-4-5-12-11(13-7)17-6-8-2-3-9(16-8)10(14)15/h2-5H,6H2,1H3,(H,14,15). The van der Waals surface area contributed by atoms with Crippen LogP contribution in [0.25, 0.3) is 0 Å². The van der Waals surface area contributed by atoms with Crippen molar-refractivity contribution in [3.8, 4) is 0 Å². The van der Waals surface area contributed by atoms with E-state index in [0.29, 0.717) is 16.7 Å². The summed E-state index contributed by atoms with van der Waals surface area (Å²) in [7, 11) is 0. The van der Waals surface area contributed by atoms with Crippen LogP contribution in [0, 0.1) is 6.92 Å². The summed E-state index contributed by atoms with van der Waals surface area (Å²) >= 11 is 1.40. The van der Waals surface area contributed by atoms with Crippen molar-refractivity contribution in [3.05, 3.63) is 41.6 Å². The van der Waals surface area contributed by atoms with Gasteiger partial charge in [0, 0.05) is 11.9 Å². The molecule has 0 aliphatic rings. The maximum Gasteiger partial charge on any atom is 0.371 e. The zero-order valence-electron chi connectivity index (χ0n) is 9.08. The van der Waals surface area contributed by atoms with Crippen molar-refractivity contribution < 1.29 is 14.3 Å². The smallest absolute Gasteiger partial charge is 0.371 e. The van der Waals surface area contributed by atoms with Gasteiger partial charge in [-0.3, -0.25) is 0 Å². The number of aromatic nitrogens is 2. The van der Waals surface area contributed by atoms with Gasteiger partial charge in [-0.1, -0.05) is 11.8 Å². The van der Waals surface area contributed by atoms with Crippen molar-refractivity contribution in [3.63, 3.8) is 0 Å². The predicted molar refractivity (Wildman–Crippen MR) is 62.0 cm³/mol. The van der Waals surface area contributed by atoms with Gasteiger partial charge in [0.1, 0.15) is 5.76 Å². The Morgan fingerprint density at radius 2 is 2.29 bits per heavy atom. The molecule has 88 valence electrons. The summed E-state index contributed by atoms with van der Waals surface area (Å²) in [5.74, 6) is -0.00665. The largest absolute Gasteiger partial charge is 0.475 e. The van der Waals surface area contributed by atoms with Crippen LogP contribution >= 0.6 is 11.8 Å². The normalized spacial score (nSPS) is 10.4. The molecular weight excluding hydrogens is 240 g/mol. The van der Waals surface area contributed by atoms with Gasteiger partial charge in [0.05, 0.1) is 5.75 Å². The van der Waals surface area contributed by atoms with E-state index in [-0.39, 0.29) is 5.76 Å². The first-order chi connectivity index (χ1) is 8.15. The molecular formula is C11H10N2O3S. The van der Waals surface area contributed by atoms with Crippen molar-refractivity contribution in [1.29, 1.82) is 0 Å².